The summed E-state index contributed by atoms with van der Waals surface area (Å²) < 4.78 is 32.5. The largest absolute Gasteiger partial charge is 0.512 e. The molecule has 0 aliphatic rings. The number of sulfonamides is 1. The number of nitrogens with zero attached hydrogens (tertiary/aromatic N) is 1. The van der Waals surface area contributed by atoms with E-state index in [1.54, 1.807) is 30.3 Å². The van der Waals surface area contributed by atoms with E-state index in [1.165, 1.54) is 24.3 Å². The molecule has 0 unspecified atom stereocenters. The summed E-state index contributed by atoms with van der Waals surface area (Å²) in [5, 5.41) is 18.0. The normalized spacial score (nSPS) is 10.8. The Balaban J connectivity index is 2.04. The van der Waals surface area contributed by atoms with Gasteiger partial charge in [0.15, 0.2) is 0 Å². The highest BCUT2D eigenvalue weighted by molar-refractivity contribution is 7.92. The second kappa shape index (κ2) is 7.49. The highest BCUT2D eigenvalue weighted by Gasteiger charge is 2.23. The number of thiophene rings is 1. The van der Waals surface area contributed by atoms with Crippen molar-refractivity contribution in [3.8, 4) is 21.6 Å². The molecule has 0 amide bonds. The number of carboxylic acid groups (broad SMARTS) is 1. The zero-order valence-electron chi connectivity index (χ0n) is 13.6. The number of ether oxygens (including phenoxy) is 1. The molecule has 0 saturated heterocycles. The van der Waals surface area contributed by atoms with Gasteiger partial charge < -0.3 is 9.84 Å². The van der Waals surface area contributed by atoms with Gasteiger partial charge in [-0.25, -0.2) is 13.2 Å². The number of anilines is 1. The third kappa shape index (κ3) is 4.08. The predicted octanol–water partition coefficient (Wildman–Crippen LogP) is 4.14. The molecule has 1 heterocycles. The molecule has 7 nitrogen and oxygen atoms in total. The summed E-state index contributed by atoms with van der Waals surface area (Å²) in [6.45, 7) is 0. The molecular formula is C18H12N2O5S2. The monoisotopic (exact) mass is 400 g/mol. The summed E-state index contributed by atoms with van der Waals surface area (Å²) in [7, 11) is -4.12. The van der Waals surface area contributed by atoms with Gasteiger partial charge in [0.05, 0.1) is 5.56 Å². The fourth-order valence-electron chi connectivity index (χ4n) is 2.34. The Kier molecular flexibility index (Phi) is 5.12. The molecule has 3 rings (SSSR count). The van der Waals surface area contributed by atoms with Gasteiger partial charge >= 0.3 is 6.16 Å². The molecule has 9 heteroatoms. The van der Waals surface area contributed by atoms with Crippen molar-refractivity contribution in [2.45, 2.75) is 4.90 Å². The first-order valence-electron chi connectivity index (χ1n) is 7.52. The first-order chi connectivity index (χ1) is 12.9. The van der Waals surface area contributed by atoms with E-state index >= 15 is 0 Å². The summed E-state index contributed by atoms with van der Waals surface area (Å²) in [5.41, 5.74) is 0.735. The second-order valence-electron chi connectivity index (χ2n) is 5.26. The van der Waals surface area contributed by atoms with Crippen molar-refractivity contribution in [1.29, 1.82) is 5.26 Å². The van der Waals surface area contributed by atoms with E-state index < -0.39 is 16.2 Å². The highest BCUT2D eigenvalue weighted by Crippen LogP contribution is 2.41. The van der Waals surface area contributed by atoms with Gasteiger partial charge in [-0.15, -0.1) is 0 Å². The minimum Gasteiger partial charge on any atom is -0.449 e. The fourth-order valence-corrected chi connectivity index (χ4v) is 4.58. The maximum atomic E-state index is 12.7. The Morgan fingerprint density at radius 1 is 1.11 bits per heavy atom. The predicted molar refractivity (Wildman–Crippen MR) is 100 cm³/mol. The quantitative estimate of drug-likeness (QED) is 0.622. The molecule has 0 radical (unpaired) electrons. The molecule has 0 aliphatic heterocycles. The molecule has 2 aromatic carbocycles. The Morgan fingerprint density at radius 3 is 2.44 bits per heavy atom. The Hall–Kier alpha value is -3.35. The molecule has 0 spiro atoms. The summed E-state index contributed by atoms with van der Waals surface area (Å²) in [6, 6.07) is 18.1. The van der Waals surface area contributed by atoms with E-state index in [9.17, 15) is 13.2 Å². The van der Waals surface area contributed by atoms with Crippen LogP contribution in [0.3, 0.4) is 0 Å². The van der Waals surface area contributed by atoms with Crippen LogP contribution in [-0.2, 0) is 10.0 Å². The molecule has 0 atom stereocenters. The molecule has 136 valence electrons. The van der Waals surface area contributed by atoms with Crippen molar-refractivity contribution in [2.24, 2.45) is 0 Å². The van der Waals surface area contributed by atoms with Crippen molar-refractivity contribution < 1.29 is 23.1 Å². The van der Waals surface area contributed by atoms with Gasteiger partial charge in [-0.05, 0) is 23.8 Å². The van der Waals surface area contributed by atoms with E-state index in [0.29, 0.717) is 4.88 Å². The zero-order chi connectivity index (χ0) is 19.4. The average Bonchev–Trinajstić information content (AvgIpc) is 3.03. The van der Waals surface area contributed by atoms with Gasteiger partial charge in [-0.1, -0.05) is 53.8 Å². The number of nitriles is 1. The number of rotatable bonds is 5. The minimum atomic E-state index is -4.12. The molecule has 27 heavy (non-hydrogen) atoms. The molecule has 0 fully saturated rings. The lowest BCUT2D eigenvalue weighted by atomic mass is 10.2. The number of nitrogens with one attached hydrogen (secondary N) is 1. The van der Waals surface area contributed by atoms with Gasteiger partial charge in [0, 0.05) is 4.88 Å². The standard InChI is InChI=1S/C18H12N2O5S2/c19-11-13-8-4-5-9-16(13)27(23,24)20-14-10-15(12-6-2-1-3-7-12)26-17(14)25-18(21)22/h1-10,20H,(H,21,22). The number of hydrogen-bond acceptors (Lipinski definition) is 6. The lowest BCUT2D eigenvalue weighted by Gasteiger charge is -2.09. The number of carbonyl (C=O) groups is 1. The van der Waals surface area contributed by atoms with Crippen LogP contribution in [0, 0.1) is 11.3 Å². The van der Waals surface area contributed by atoms with Crippen LogP contribution in [0.25, 0.3) is 10.4 Å². The Bertz CT molecular complexity index is 1130. The fraction of sp³-hybridized carbons (Fsp3) is 0. The Morgan fingerprint density at radius 2 is 1.78 bits per heavy atom. The van der Waals surface area contributed by atoms with E-state index in [2.05, 4.69) is 4.72 Å². The average molecular weight is 400 g/mol. The van der Waals surface area contributed by atoms with Crippen LogP contribution < -0.4 is 9.46 Å². The summed E-state index contributed by atoms with van der Waals surface area (Å²) in [4.78, 5) is 11.4. The third-order valence-corrected chi connectivity index (χ3v) is 5.96. The maximum absolute atomic E-state index is 12.7. The van der Waals surface area contributed by atoms with E-state index in [0.717, 1.165) is 16.9 Å². The summed E-state index contributed by atoms with van der Waals surface area (Å²) >= 11 is 0.992. The maximum Gasteiger partial charge on any atom is 0.512 e. The van der Waals surface area contributed by atoms with Crippen molar-refractivity contribution in [3.63, 3.8) is 0 Å². The lowest BCUT2D eigenvalue weighted by Crippen LogP contribution is -2.15. The van der Waals surface area contributed by atoms with Crippen LogP contribution in [0.2, 0.25) is 0 Å². The molecular weight excluding hydrogens is 388 g/mol. The van der Waals surface area contributed by atoms with E-state index in [1.807, 2.05) is 12.1 Å². The topological polar surface area (TPSA) is 116 Å². The van der Waals surface area contributed by atoms with Gasteiger partial charge in [-0.2, -0.15) is 5.26 Å². The third-order valence-electron chi connectivity index (χ3n) is 3.48. The molecule has 3 aromatic rings. The van der Waals surface area contributed by atoms with Gasteiger partial charge in [0.25, 0.3) is 10.0 Å². The van der Waals surface area contributed by atoms with Gasteiger partial charge in [-0.3, -0.25) is 4.72 Å². The van der Waals surface area contributed by atoms with E-state index in [4.69, 9.17) is 15.1 Å². The molecule has 1 aromatic heterocycles. The van der Waals surface area contributed by atoms with Crippen LogP contribution in [0.1, 0.15) is 5.56 Å². The second-order valence-corrected chi connectivity index (χ2v) is 7.92. The Labute approximate surface area is 159 Å². The zero-order valence-corrected chi connectivity index (χ0v) is 15.3. The van der Waals surface area contributed by atoms with Crippen LogP contribution in [-0.4, -0.2) is 19.7 Å². The van der Waals surface area contributed by atoms with Gasteiger partial charge in [0.1, 0.15) is 16.7 Å². The SMILES string of the molecule is N#Cc1ccccc1S(=O)(=O)Nc1cc(-c2ccccc2)sc1OC(=O)O. The first-order valence-corrected chi connectivity index (χ1v) is 9.82. The molecule has 0 bridgehead atoms. The van der Waals surface area contributed by atoms with Crippen LogP contribution in [0.4, 0.5) is 10.5 Å². The van der Waals surface area contributed by atoms with Crippen molar-refractivity contribution in [3.05, 3.63) is 66.2 Å². The van der Waals surface area contributed by atoms with Gasteiger partial charge in [0.2, 0.25) is 5.06 Å². The van der Waals surface area contributed by atoms with Crippen LogP contribution >= 0.6 is 11.3 Å². The molecule has 0 aliphatic carbocycles. The first kappa shape index (κ1) is 18.4. The molecule has 0 saturated carbocycles. The minimum absolute atomic E-state index is 0.0194. The highest BCUT2D eigenvalue weighted by atomic mass is 32.2. The van der Waals surface area contributed by atoms with E-state index in [-0.39, 0.29) is 21.2 Å². The smallest absolute Gasteiger partial charge is 0.449 e. The van der Waals surface area contributed by atoms with Crippen molar-refractivity contribution in [1.82, 2.24) is 0 Å². The molecule has 2 N–H and O–H groups in total. The lowest BCUT2D eigenvalue weighted by molar-refractivity contribution is 0.146. The number of hydrogen-bond donors (Lipinski definition) is 2. The van der Waals surface area contributed by atoms with Crippen LogP contribution in [0.15, 0.2) is 65.6 Å². The summed E-state index contributed by atoms with van der Waals surface area (Å²) in [6.07, 6.45) is -1.56. The van der Waals surface area contributed by atoms with Crippen molar-refractivity contribution in [2.75, 3.05) is 4.72 Å². The van der Waals surface area contributed by atoms with Crippen LogP contribution in [0.5, 0.6) is 5.06 Å². The van der Waals surface area contributed by atoms with Crippen molar-refractivity contribution >= 4 is 33.2 Å². The summed E-state index contributed by atoms with van der Waals surface area (Å²) in [5.74, 6) is 0. The number of benzene rings is 2.